The second-order valence-electron chi connectivity index (χ2n) is 5.28. The summed E-state index contributed by atoms with van der Waals surface area (Å²) in [5.41, 5.74) is 0.0774. The zero-order chi connectivity index (χ0) is 17.6. The molecule has 1 aromatic carbocycles. The molecule has 3 heterocycles. The Bertz CT molecular complexity index is 1030. The number of hydrogen-bond acceptors (Lipinski definition) is 7. The third kappa shape index (κ3) is 2.26. The molecule has 0 unspecified atom stereocenters. The summed E-state index contributed by atoms with van der Waals surface area (Å²) in [7, 11) is 0. The van der Waals surface area contributed by atoms with Crippen molar-refractivity contribution in [2.24, 2.45) is 0 Å². The quantitative estimate of drug-likeness (QED) is 0.612. The Morgan fingerprint density at radius 3 is 2.88 bits per heavy atom. The Hall–Kier alpha value is -3.56. The molecule has 2 aromatic heterocycles. The molecule has 0 fully saturated rings. The highest BCUT2D eigenvalue weighted by molar-refractivity contribution is 6.09. The number of aromatic hydroxyl groups is 1. The number of carbonyl (C=O) groups excluding carboxylic acids is 1. The molecule has 3 aromatic rings. The number of carboxylic acids is 1. The van der Waals surface area contributed by atoms with Gasteiger partial charge in [-0.1, -0.05) is 0 Å². The van der Waals surface area contributed by atoms with E-state index in [0.29, 0.717) is 35.5 Å². The third-order valence-electron chi connectivity index (χ3n) is 3.79. The van der Waals surface area contributed by atoms with Crippen LogP contribution in [-0.2, 0) is 4.79 Å². The SMILES string of the molecule is O=C(O)CNC(=O)c1c(O)c2ccc3c(c2c2ncnn12)OCCO3. The van der Waals surface area contributed by atoms with Gasteiger partial charge in [-0.25, -0.2) is 9.50 Å². The lowest BCUT2D eigenvalue weighted by atomic mass is 10.1. The van der Waals surface area contributed by atoms with Crippen molar-refractivity contribution in [3.05, 3.63) is 24.2 Å². The van der Waals surface area contributed by atoms with E-state index in [2.05, 4.69) is 15.4 Å². The molecule has 0 spiro atoms. The monoisotopic (exact) mass is 344 g/mol. The molecular formula is C15H12N4O6. The minimum Gasteiger partial charge on any atom is -0.505 e. The van der Waals surface area contributed by atoms with Gasteiger partial charge in [-0.15, -0.1) is 0 Å². The van der Waals surface area contributed by atoms with Crippen LogP contribution in [0.3, 0.4) is 0 Å². The summed E-state index contributed by atoms with van der Waals surface area (Å²) >= 11 is 0. The number of fused-ring (bicyclic) bond motifs is 5. The number of amides is 1. The minimum atomic E-state index is -1.21. The number of rotatable bonds is 3. The molecule has 0 saturated carbocycles. The number of pyridine rings is 1. The van der Waals surface area contributed by atoms with Crippen molar-refractivity contribution in [3.8, 4) is 17.2 Å². The lowest BCUT2D eigenvalue weighted by Gasteiger charge is -2.21. The number of aliphatic carboxylic acids is 1. The number of carboxylic acid groups (broad SMARTS) is 1. The molecule has 3 N–H and O–H groups in total. The number of ether oxygens (including phenoxy) is 2. The van der Waals surface area contributed by atoms with Gasteiger partial charge in [0, 0.05) is 5.39 Å². The van der Waals surface area contributed by atoms with Crippen molar-refractivity contribution >= 4 is 28.3 Å². The summed E-state index contributed by atoms with van der Waals surface area (Å²) in [5.74, 6) is -1.43. The molecular weight excluding hydrogens is 332 g/mol. The standard InChI is InChI=1S/C15H12N4O6/c20-9(21)5-16-15(23)11-12(22)7-1-2-8-13(25-4-3-24-8)10(7)14-17-6-18-19(11)14/h1-2,6,22H,3-5H2,(H,16,23)(H,20,21). The van der Waals surface area contributed by atoms with Crippen LogP contribution in [-0.4, -0.2) is 56.4 Å². The topological polar surface area (TPSA) is 135 Å². The van der Waals surface area contributed by atoms with Gasteiger partial charge in [0.15, 0.2) is 28.6 Å². The Morgan fingerprint density at radius 1 is 1.28 bits per heavy atom. The van der Waals surface area contributed by atoms with E-state index in [4.69, 9.17) is 14.6 Å². The van der Waals surface area contributed by atoms with E-state index in [-0.39, 0.29) is 17.1 Å². The predicted molar refractivity (Wildman–Crippen MR) is 83.1 cm³/mol. The molecule has 0 radical (unpaired) electrons. The van der Waals surface area contributed by atoms with Gasteiger partial charge in [0.2, 0.25) is 0 Å². The summed E-state index contributed by atoms with van der Waals surface area (Å²) in [4.78, 5) is 27.1. The van der Waals surface area contributed by atoms with Crippen LogP contribution in [0, 0.1) is 0 Å². The van der Waals surface area contributed by atoms with Crippen LogP contribution in [0.5, 0.6) is 17.2 Å². The Labute approximate surface area is 139 Å². The summed E-state index contributed by atoms with van der Waals surface area (Å²) < 4.78 is 12.3. The molecule has 10 nitrogen and oxygen atoms in total. The Balaban J connectivity index is 1.99. The number of aromatic nitrogens is 3. The van der Waals surface area contributed by atoms with Crippen molar-refractivity contribution in [2.75, 3.05) is 19.8 Å². The van der Waals surface area contributed by atoms with Crippen LogP contribution in [0.15, 0.2) is 18.5 Å². The fourth-order valence-corrected chi connectivity index (χ4v) is 2.78. The van der Waals surface area contributed by atoms with Gasteiger partial charge in [-0.3, -0.25) is 9.59 Å². The molecule has 25 heavy (non-hydrogen) atoms. The maximum Gasteiger partial charge on any atom is 0.322 e. The third-order valence-corrected chi connectivity index (χ3v) is 3.79. The molecule has 4 rings (SSSR count). The average molecular weight is 344 g/mol. The normalized spacial score (nSPS) is 13.1. The van der Waals surface area contributed by atoms with Crippen LogP contribution < -0.4 is 14.8 Å². The van der Waals surface area contributed by atoms with Gasteiger partial charge in [0.1, 0.15) is 26.1 Å². The second-order valence-corrected chi connectivity index (χ2v) is 5.28. The van der Waals surface area contributed by atoms with E-state index in [1.54, 1.807) is 12.1 Å². The summed E-state index contributed by atoms with van der Waals surface area (Å²) in [6.07, 6.45) is 1.23. The van der Waals surface area contributed by atoms with Crippen LogP contribution in [0.1, 0.15) is 10.5 Å². The number of benzene rings is 1. The number of nitrogens with one attached hydrogen (secondary N) is 1. The number of nitrogens with zero attached hydrogens (tertiary/aromatic N) is 3. The van der Waals surface area contributed by atoms with Crippen LogP contribution >= 0.6 is 0 Å². The maximum absolute atomic E-state index is 12.3. The fourth-order valence-electron chi connectivity index (χ4n) is 2.78. The van der Waals surface area contributed by atoms with Gasteiger partial charge in [0.25, 0.3) is 5.91 Å². The Morgan fingerprint density at radius 2 is 2.08 bits per heavy atom. The van der Waals surface area contributed by atoms with Crippen molar-refractivity contribution in [1.29, 1.82) is 0 Å². The molecule has 10 heteroatoms. The number of carbonyl (C=O) groups is 2. The van der Waals surface area contributed by atoms with E-state index < -0.39 is 18.4 Å². The first kappa shape index (κ1) is 15.0. The molecule has 1 amide bonds. The lowest BCUT2D eigenvalue weighted by molar-refractivity contribution is -0.135. The van der Waals surface area contributed by atoms with E-state index in [1.807, 2.05) is 0 Å². The molecule has 0 atom stereocenters. The Kier molecular flexibility index (Phi) is 3.31. The zero-order valence-electron chi connectivity index (χ0n) is 12.7. The van der Waals surface area contributed by atoms with Gasteiger partial charge >= 0.3 is 5.97 Å². The van der Waals surface area contributed by atoms with E-state index in [1.165, 1.54) is 6.33 Å². The first-order valence-corrected chi connectivity index (χ1v) is 7.35. The summed E-state index contributed by atoms with van der Waals surface area (Å²) in [6.45, 7) is 0.158. The van der Waals surface area contributed by atoms with Crippen molar-refractivity contribution < 1.29 is 29.3 Å². The highest BCUT2D eigenvalue weighted by atomic mass is 16.6. The lowest BCUT2D eigenvalue weighted by Crippen LogP contribution is -2.31. The van der Waals surface area contributed by atoms with E-state index >= 15 is 0 Å². The first-order valence-electron chi connectivity index (χ1n) is 7.35. The highest BCUT2D eigenvalue weighted by Gasteiger charge is 2.26. The van der Waals surface area contributed by atoms with Gasteiger partial charge in [-0.05, 0) is 12.1 Å². The molecule has 1 aliphatic rings. The number of hydrogen-bond donors (Lipinski definition) is 3. The van der Waals surface area contributed by atoms with Crippen molar-refractivity contribution in [2.45, 2.75) is 0 Å². The maximum atomic E-state index is 12.3. The highest BCUT2D eigenvalue weighted by Crippen LogP contribution is 2.43. The van der Waals surface area contributed by atoms with Crippen molar-refractivity contribution in [3.63, 3.8) is 0 Å². The van der Waals surface area contributed by atoms with Crippen LogP contribution in [0.4, 0.5) is 0 Å². The van der Waals surface area contributed by atoms with E-state index in [0.717, 1.165) is 4.52 Å². The molecule has 0 bridgehead atoms. The largest absolute Gasteiger partial charge is 0.505 e. The minimum absolute atomic E-state index is 0.210. The van der Waals surface area contributed by atoms with Crippen molar-refractivity contribution in [1.82, 2.24) is 19.9 Å². The van der Waals surface area contributed by atoms with Gasteiger partial charge < -0.3 is 25.0 Å². The summed E-state index contributed by atoms with van der Waals surface area (Å²) in [5, 5.41) is 26.3. The molecule has 0 saturated heterocycles. The van der Waals surface area contributed by atoms with E-state index in [9.17, 15) is 14.7 Å². The van der Waals surface area contributed by atoms with Crippen LogP contribution in [0.25, 0.3) is 16.4 Å². The van der Waals surface area contributed by atoms with Gasteiger partial charge in [0.05, 0.1) is 5.39 Å². The molecule has 128 valence electrons. The molecule has 1 aliphatic heterocycles. The average Bonchev–Trinajstić information content (AvgIpc) is 3.08. The van der Waals surface area contributed by atoms with Crippen LogP contribution in [0.2, 0.25) is 0 Å². The second kappa shape index (κ2) is 5.51. The first-order chi connectivity index (χ1) is 12.1. The fraction of sp³-hybridized carbons (Fsp3) is 0.200. The predicted octanol–water partition coefficient (Wildman–Crippen LogP) is 0.174. The summed E-state index contributed by atoms with van der Waals surface area (Å²) in [6, 6.07) is 3.21. The smallest absolute Gasteiger partial charge is 0.322 e. The zero-order valence-corrected chi connectivity index (χ0v) is 12.7. The van der Waals surface area contributed by atoms with Gasteiger partial charge in [-0.2, -0.15) is 5.10 Å². The molecule has 0 aliphatic carbocycles.